The van der Waals surface area contributed by atoms with E-state index in [0.29, 0.717) is 5.75 Å². The summed E-state index contributed by atoms with van der Waals surface area (Å²) in [5.74, 6) is 0.108. The van der Waals surface area contributed by atoms with Crippen LogP contribution >= 0.6 is 0 Å². The first kappa shape index (κ1) is 18.8. The Labute approximate surface area is 151 Å². The zero-order chi connectivity index (χ0) is 18.7. The molecule has 0 aromatic heterocycles. The molecule has 1 aliphatic heterocycles. The lowest BCUT2D eigenvalue weighted by molar-refractivity contribution is -0.242. The Balaban J connectivity index is 1.88. The Morgan fingerprint density at radius 2 is 1.92 bits per heavy atom. The molecule has 0 spiro atoms. The van der Waals surface area contributed by atoms with E-state index in [1.807, 2.05) is 12.1 Å². The molecule has 26 heavy (non-hydrogen) atoms. The van der Waals surface area contributed by atoms with E-state index in [1.54, 1.807) is 18.2 Å². The molecule has 0 aliphatic carbocycles. The van der Waals surface area contributed by atoms with Gasteiger partial charge in [0.25, 0.3) is 0 Å². The number of aliphatic hydroxyl groups excluding tert-OH is 3. The van der Waals surface area contributed by atoms with Gasteiger partial charge in [-0.1, -0.05) is 31.5 Å². The summed E-state index contributed by atoms with van der Waals surface area (Å²) in [5.41, 5.74) is 2.64. The van der Waals surface area contributed by atoms with Crippen molar-refractivity contribution in [1.82, 2.24) is 0 Å². The molecule has 2 aromatic rings. The Kier molecular flexibility index (Phi) is 5.88. The van der Waals surface area contributed by atoms with Crippen molar-refractivity contribution in [3.63, 3.8) is 0 Å². The summed E-state index contributed by atoms with van der Waals surface area (Å²) in [6, 6.07) is 11.8. The largest absolute Gasteiger partial charge is 0.462 e. The van der Waals surface area contributed by atoms with Crippen molar-refractivity contribution in [3.05, 3.63) is 53.8 Å². The smallest absolute Gasteiger partial charge is 0.228 e. The van der Waals surface area contributed by atoms with Gasteiger partial charge in [-0.05, 0) is 47.4 Å². The average molecular weight is 362 g/mol. The van der Waals surface area contributed by atoms with Crippen LogP contribution in [-0.4, -0.2) is 46.5 Å². The van der Waals surface area contributed by atoms with Gasteiger partial charge in [0, 0.05) is 0 Å². The van der Waals surface area contributed by atoms with Crippen LogP contribution in [-0.2, 0) is 11.2 Å². The van der Waals surface area contributed by atoms with Crippen LogP contribution in [0.4, 0.5) is 4.39 Å². The molecule has 0 bridgehead atoms. The molecule has 1 heterocycles. The summed E-state index contributed by atoms with van der Waals surface area (Å²) >= 11 is 0. The predicted octanol–water partition coefficient (Wildman–Crippen LogP) is 2.26. The van der Waals surface area contributed by atoms with E-state index in [-0.39, 0.29) is 12.4 Å². The number of hydrogen-bond donors (Lipinski definition) is 3. The average Bonchev–Trinajstić information content (AvgIpc) is 2.63. The Hall–Kier alpha value is -1.99. The first-order valence-corrected chi connectivity index (χ1v) is 8.71. The summed E-state index contributed by atoms with van der Waals surface area (Å²) in [5, 5.41) is 29.3. The van der Waals surface area contributed by atoms with Crippen LogP contribution in [0.2, 0.25) is 0 Å². The fourth-order valence-electron chi connectivity index (χ4n) is 3.06. The molecule has 1 aliphatic rings. The molecule has 140 valence electrons. The number of hydrogen-bond acceptors (Lipinski definition) is 5. The van der Waals surface area contributed by atoms with Gasteiger partial charge in [-0.3, -0.25) is 0 Å². The second-order valence-corrected chi connectivity index (χ2v) is 6.45. The summed E-state index contributed by atoms with van der Waals surface area (Å²) in [6.45, 7) is 1.94. The molecular weight excluding hydrogens is 339 g/mol. The molecule has 2 aromatic carbocycles. The lowest BCUT2D eigenvalue weighted by atomic mass is 9.96. The zero-order valence-corrected chi connectivity index (χ0v) is 14.5. The van der Waals surface area contributed by atoms with Crippen LogP contribution in [0.3, 0.4) is 0 Å². The van der Waals surface area contributed by atoms with Crippen LogP contribution < -0.4 is 4.74 Å². The molecular formula is C20H23FO5. The van der Waals surface area contributed by atoms with Crippen molar-refractivity contribution < 1.29 is 29.2 Å². The van der Waals surface area contributed by atoms with E-state index in [0.717, 1.165) is 29.5 Å². The lowest BCUT2D eigenvalue weighted by Crippen LogP contribution is -2.54. The third kappa shape index (κ3) is 4.04. The second-order valence-electron chi connectivity index (χ2n) is 6.45. The van der Waals surface area contributed by atoms with Crippen molar-refractivity contribution in [3.8, 4) is 16.9 Å². The van der Waals surface area contributed by atoms with E-state index >= 15 is 0 Å². The maximum absolute atomic E-state index is 13.6. The molecule has 3 N–H and O–H groups in total. The second kappa shape index (κ2) is 8.14. The van der Waals surface area contributed by atoms with E-state index < -0.39 is 24.6 Å². The fourth-order valence-corrected chi connectivity index (χ4v) is 3.06. The fraction of sp³-hybridized carbons (Fsp3) is 0.400. The minimum absolute atomic E-state index is 0.131. The van der Waals surface area contributed by atoms with E-state index in [2.05, 4.69) is 6.92 Å². The van der Waals surface area contributed by atoms with Gasteiger partial charge in [-0.15, -0.1) is 0 Å². The quantitative estimate of drug-likeness (QED) is 0.760. The van der Waals surface area contributed by atoms with Crippen molar-refractivity contribution >= 4 is 0 Å². The maximum atomic E-state index is 13.6. The van der Waals surface area contributed by atoms with Crippen LogP contribution in [0.15, 0.2) is 42.5 Å². The van der Waals surface area contributed by atoms with Crippen LogP contribution in [0.5, 0.6) is 5.75 Å². The highest BCUT2D eigenvalue weighted by Crippen LogP contribution is 2.31. The summed E-state index contributed by atoms with van der Waals surface area (Å²) in [7, 11) is 0. The number of aliphatic hydroxyl groups is 3. The van der Waals surface area contributed by atoms with Gasteiger partial charge < -0.3 is 24.8 Å². The summed E-state index contributed by atoms with van der Waals surface area (Å²) < 4.78 is 24.6. The van der Waals surface area contributed by atoms with Gasteiger partial charge in [0.2, 0.25) is 6.29 Å². The highest BCUT2D eigenvalue weighted by atomic mass is 19.1. The minimum Gasteiger partial charge on any atom is -0.462 e. The molecule has 1 fully saturated rings. The predicted molar refractivity (Wildman–Crippen MR) is 94.2 cm³/mol. The van der Waals surface area contributed by atoms with Gasteiger partial charge in [0.05, 0.1) is 6.61 Å². The Morgan fingerprint density at radius 3 is 2.65 bits per heavy atom. The topological polar surface area (TPSA) is 79.2 Å². The normalized spacial score (nSPS) is 25.9. The number of aryl methyl sites for hydroxylation is 1. The van der Waals surface area contributed by atoms with Gasteiger partial charge >= 0.3 is 0 Å². The molecule has 0 saturated carbocycles. The third-order valence-electron chi connectivity index (χ3n) is 4.44. The maximum Gasteiger partial charge on any atom is 0.228 e. The molecule has 6 heteroatoms. The number of rotatable bonds is 5. The standard InChI is InChI=1S/C20H23FO5/c1-2-4-12-7-8-15(10-16(12)13-5-3-6-14(21)9-13)26-20-19(24)18(23)17(22)11-25-20/h3,5-10,17-20,22-24H,2,4,11H2,1H3/t17-,18+,19+,20?/m1/s1. The van der Waals surface area contributed by atoms with E-state index in [9.17, 15) is 19.7 Å². The molecule has 4 atom stereocenters. The van der Waals surface area contributed by atoms with Gasteiger partial charge in [-0.2, -0.15) is 0 Å². The van der Waals surface area contributed by atoms with E-state index in [1.165, 1.54) is 12.1 Å². The molecule has 1 unspecified atom stereocenters. The number of halogens is 1. The summed E-state index contributed by atoms with van der Waals surface area (Å²) in [4.78, 5) is 0. The number of ether oxygens (including phenoxy) is 2. The molecule has 3 rings (SSSR count). The van der Waals surface area contributed by atoms with Gasteiger partial charge in [0.15, 0.2) is 0 Å². The van der Waals surface area contributed by atoms with E-state index in [4.69, 9.17) is 9.47 Å². The molecule has 1 saturated heterocycles. The SMILES string of the molecule is CCCc1ccc(OC2OC[C@@H](O)[C@H](O)[C@@H]2O)cc1-c1cccc(F)c1. The molecule has 5 nitrogen and oxygen atoms in total. The Morgan fingerprint density at radius 1 is 1.12 bits per heavy atom. The van der Waals surface area contributed by atoms with Crippen molar-refractivity contribution in [2.45, 2.75) is 44.4 Å². The molecule has 0 amide bonds. The van der Waals surface area contributed by atoms with Crippen molar-refractivity contribution in [1.29, 1.82) is 0 Å². The van der Waals surface area contributed by atoms with Crippen molar-refractivity contribution in [2.24, 2.45) is 0 Å². The van der Waals surface area contributed by atoms with Gasteiger partial charge in [-0.25, -0.2) is 4.39 Å². The third-order valence-corrected chi connectivity index (χ3v) is 4.44. The Bertz CT molecular complexity index is 751. The van der Waals surface area contributed by atoms with Crippen molar-refractivity contribution in [2.75, 3.05) is 6.61 Å². The molecule has 0 radical (unpaired) electrons. The van der Waals surface area contributed by atoms with Crippen LogP contribution in [0, 0.1) is 5.82 Å². The van der Waals surface area contributed by atoms with Gasteiger partial charge in [0.1, 0.15) is 29.9 Å². The monoisotopic (exact) mass is 362 g/mol. The van der Waals surface area contributed by atoms with Crippen LogP contribution in [0.25, 0.3) is 11.1 Å². The number of benzene rings is 2. The minimum atomic E-state index is -1.37. The highest BCUT2D eigenvalue weighted by molar-refractivity contribution is 5.69. The first-order chi connectivity index (χ1) is 12.5. The summed E-state index contributed by atoms with van der Waals surface area (Å²) in [6.07, 6.45) is -3.18. The zero-order valence-electron chi connectivity index (χ0n) is 14.5. The lowest BCUT2D eigenvalue weighted by Gasteiger charge is -2.35. The highest BCUT2D eigenvalue weighted by Gasteiger charge is 2.39. The first-order valence-electron chi connectivity index (χ1n) is 8.71. The van der Waals surface area contributed by atoms with Crippen LogP contribution in [0.1, 0.15) is 18.9 Å².